The third-order valence-electron chi connectivity index (χ3n) is 4.50. The van der Waals surface area contributed by atoms with Gasteiger partial charge < -0.3 is 10.2 Å². The predicted octanol–water partition coefficient (Wildman–Crippen LogP) is 2.60. The summed E-state index contributed by atoms with van der Waals surface area (Å²) in [6.45, 7) is 1.60. The predicted molar refractivity (Wildman–Crippen MR) is 87.4 cm³/mol. The number of nitrogens with zero attached hydrogens (tertiary/aromatic N) is 3. The Morgan fingerprint density at radius 2 is 2.23 bits per heavy atom. The summed E-state index contributed by atoms with van der Waals surface area (Å²) in [5.41, 5.74) is 0.570. The Hall–Kier alpha value is -1.61. The van der Waals surface area contributed by atoms with Gasteiger partial charge in [-0.25, -0.2) is 4.98 Å². The van der Waals surface area contributed by atoms with Crippen molar-refractivity contribution in [2.24, 2.45) is 5.92 Å². The van der Waals surface area contributed by atoms with Crippen LogP contribution in [-0.2, 0) is 4.79 Å². The summed E-state index contributed by atoms with van der Waals surface area (Å²) < 4.78 is 0.805. The number of nitriles is 1. The van der Waals surface area contributed by atoms with Gasteiger partial charge in [-0.3, -0.25) is 4.79 Å². The maximum Gasteiger partial charge on any atom is 0.223 e. The molecule has 1 amide bonds. The SMILES string of the molecule is N#Cc1cc(Br)cnc1N1CCCC(NC(=O)C2CCC2)C1. The van der Waals surface area contributed by atoms with Crippen molar-refractivity contribution >= 4 is 27.7 Å². The van der Waals surface area contributed by atoms with E-state index in [9.17, 15) is 10.1 Å². The first-order valence-electron chi connectivity index (χ1n) is 7.78. The Morgan fingerprint density at radius 1 is 1.41 bits per heavy atom. The Labute approximate surface area is 138 Å². The molecule has 0 spiro atoms. The Balaban J connectivity index is 1.67. The van der Waals surface area contributed by atoms with Crippen molar-refractivity contribution in [2.45, 2.75) is 38.1 Å². The fourth-order valence-corrected chi connectivity index (χ4v) is 3.37. The highest BCUT2D eigenvalue weighted by Crippen LogP contribution is 2.27. The molecule has 3 rings (SSSR count). The van der Waals surface area contributed by atoms with Crippen LogP contribution in [-0.4, -0.2) is 30.0 Å². The van der Waals surface area contributed by atoms with Gasteiger partial charge in [0, 0.05) is 35.7 Å². The van der Waals surface area contributed by atoms with Gasteiger partial charge >= 0.3 is 0 Å². The molecule has 6 heteroatoms. The Kier molecular flexibility index (Phi) is 4.63. The lowest BCUT2D eigenvalue weighted by atomic mass is 9.84. The summed E-state index contributed by atoms with van der Waals surface area (Å²) in [6, 6.07) is 4.15. The van der Waals surface area contributed by atoms with Crippen molar-refractivity contribution in [3.05, 3.63) is 22.3 Å². The van der Waals surface area contributed by atoms with Gasteiger partial charge in [0.15, 0.2) is 0 Å². The second-order valence-electron chi connectivity index (χ2n) is 6.06. The monoisotopic (exact) mass is 362 g/mol. The van der Waals surface area contributed by atoms with Crippen molar-refractivity contribution in [3.63, 3.8) is 0 Å². The molecule has 0 radical (unpaired) electrons. The number of anilines is 1. The zero-order valence-electron chi connectivity index (χ0n) is 12.4. The first-order valence-corrected chi connectivity index (χ1v) is 8.57. The number of amides is 1. The van der Waals surface area contributed by atoms with E-state index in [1.165, 1.54) is 6.42 Å². The lowest BCUT2D eigenvalue weighted by Gasteiger charge is -2.35. The Bertz CT molecular complexity index is 609. The smallest absolute Gasteiger partial charge is 0.223 e. The largest absolute Gasteiger partial charge is 0.353 e. The van der Waals surface area contributed by atoms with Gasteiger partial charge in [-0.2, -0.15) is 5.26 Å². The van der Waals surface area contributed by atoms with Crippen LogP contribution < -0.4 is 10.2 Å². The van der Waals surface area contributed by atoms with Crippen molar-refractivity contribution in [1.82, 2.24) is 10.3 Å². The minimum Gasteiger partial charge on any atom is -0.353 e. The maximum atomic E-state index is 12.1. The van der Waals surface area contributed by atoms with Crippen molar-refractivity contribution in [1.29, 1.82) is 5.26 Å². The number of pyridine rings is 1. The van der Waals surface area contributed by atoms with Gasteiger partial charge in [0.2, 0.25) is 5.91 Å². The molecule has 1 saturated heterocycles. The molecule has 5 nitrogen and oxygen atoms in total. The van der Waals surface area contributed by atoms with Crippen molar-refractivity contribution in [3.8, 4) is 6.07 Å². The molecular weight excluding hydrogens is 344 g/mol. The highest BCUT2D eigenvalue weighted by molar-refractivity contribution is 9.10. The number of nitrogens with one attached hydrogen (secondary N) is 1. The number of carbonyl (C=O) groups is 1. The number of aromatic nitrogens is 1. The van der Waals surface area contributed by atoms with Crippen LogP contribution in [0.15, 0.2) is 16.7 Å². The van der Waals surface area contributed by atoms with E-state index >= 15 is 0 Å². The molecule has 1 N–H and O–H groups in total. The van der Waals surface area contributed by atoms with Crippen molar-refractivity contribution < 1.29 is 4.79 Å². The van der Waals surface area contributed by atoms with Crippen LogP contribution in [0.4, 0.5) is 5.82 Å². The first-order chi connectivity index (χ1) is 10.7. The average Bonchev–Trinajstić information content (AvgIpc) is 2.45. The Morgan fingerprint density at radius 3 is 2.91 bits per heavy atom. The molecule has 2 fully saturated rings. The third-order valence-corrected chi connectivity index (χ3v) is 4.93. The third kappa shape index (κ3) is 3.25. The lowest BCUT2D eigenvalue weighted by molar-refractivity contribution is -0.128. The number of rotatable bonds is 3. The minimum absolute atomic E-state index is 0.152. The molecule has 2 aliphatic rings. The summed E-state index contributed by atoms with van der Waals surface area (Å²) in [5, 5.41) is 12.5. The summed E-state index contributed by atoms with van der Waals surface area (Å²) in [5.74, 6) is 1.13. The summed E-state index contributed by atoms with van der Waals surface area (Å²) in [4.78, 5) is 18.6. The van der Waals surface area contributed by atoms with Gasteiger partial charge in [-0.15, -0.1) is 0 Å². The van der Waals surface area contributed by atoms with Crippen LogP contribution in [0.25, 0.3) is 0 Å². The fraction of sp³-hybridized carbons (Fsp3) is 0.562. The second-order valence-corrected chi connectivity index (χ2v) is 6.97. The van der Waals surface area contributed by atoms with E-state index in [0.29, 0.717) is 11.4 Å². The quantitative estimate of drug-likeness (QED) is 0.896. The van der Waals surface area contributed by atoms with E-state index in [4.69, 9.17) is 0 Å². The molecule has 1 saturated carbocycles. The molecule has 22 heavy (non-hydrogen) atoms. The molecule has 1 atom stereocenters. The van der Waals surface area contributed by atoms with Crippen LogP contribution >= 0.6 is 15.9 Å². The van der Waals surface area contributed by atoms with E-state index < -0.39 is 0 Å². The zero-order chi connectivity index (χ0) is 15.5. The van der Waals surface area contributed by atoms with Gasteiger partial charge in [-0.1, -0.05) is 6.42 Å². The van der Waals surface area contributed by atoms with Crippen LogP contribution in [0.5, 0.6) is 0 Å². The summed E-state index contributed by atoms with van der Waals surface area (Å²) >= 11 is 3.35. The maximum absolute atomic E-state index is 12.1. The molecule has 0 aromatic carbocycles. The van der Waals surface area contributed by atoms with Crippen LogP contribution in [0, 0.1) is 17.2 Å². The molecule has 1 aliphatic carbocycles. The number of hydrogen-bond acceptors (Lipinski definition) is 4. The van der Waals surface area contributed by atoms with Crippen LogP contribution in [0.2, 0.25) is 0 Å². The van der Waals surface area contributed by atoms with Crippen molar-refractivity contribution in [2.75, 3.05) is 18.0 Å². The van der Waals surface area contributed by atoms with E-state index in [2.05, 4.69) is 37.2 Å². The number of piperidine rings is 1. The highest BCUT2D eigenvalue weighted by atomic mass is 79.9. The molecule has 0 bridgehead atoms. The topological polar surface area (TPSA) is 69.0 Å². The van der Waals surface area contributed by atoms with Crippen LogP contribution in [0.1, 0.15) is 37.7 Å². The molecule has 1 aromatic rings. The van der Waals surface area contributed by atoms with E-state index in [1.54, 1.807) is 12.3 Å². The summed E-state index contributed by atoms with van der Waals surface area (Å²) in [7, 11) is 0. The van der Waals surface area contributed by atoms with E-state index in [0.717, 1.165) is 43.2 Å². The first kappa shape index (κ1) is 15.3. The second kappa shape index (κ2) is 6.66. The molecule has 1 aromatic heterocycles. The van der Waals surface area contributed by atoms with E-state index in [-0.39, 0.29) is 17.9 Å². The standard InChI is InChI=1S/C16H19BrN4O/c17-13-7-12(8-18)15(19-9-13)21-6-2-5-14(10-21)20-16(22)11-3-1-4-11/h7,9,11,14H,1-6,10H2,(H,20,22). The molecule has 1 aliphatic heterocycles. The molecule has 1 unspecified atom stereocenters. The minimum atomic E-state index is 0.152. The molecule has 116 valence electrons. The number of carbonyl (C=O) groups excluding carboxylic acids is 1. The van der Waals surface area contributed by atoms with Gasteiger partial charge in [0.05, 0.1) is 5.56 Å². The highest BCUT2D eigenvalue weighted by Gasteiger charge is 2.29. The van der Waals surface area contributed by atoms with Gasteiger partial charge in [0.1, 0.15) is 11.9 Å². The normalized spacial score (nSPS) is 21.8. The van der Waals surface area contributed by atoms with Crippen LogP contribution in [0.3, 0.4) is 0 Å². The molecular formula is C16H19BrN4O. The van der Waals surface area contributed by atoms with E-state index in [1.807, 2.05) is 0 Å². The average molecular weight is 363 g/mol. The fourth-order valence-electron chi connectivity index (χ4n) is 3.04. The zero-order valence-corrected chi connectivity index (χ0v) is 14.0. The lowest BCUT2D eigenvalue weighted by Crippen LogP contribution is -2.50. The number of halogens is 1. The van der Waals surface area contributed by atoms with Gasteiger partial charge in [-0.05, 0) is 47.7 Å². The number of hydrogen-bond donors (Lipinski definition) is 1. The molecule has 2 heterocycles. The van der Waals surface area contributed by atoms with Gasteiger partial charge in [0.25, 0.3) is 0 Å². The summed E-state index contributed by atoms with van der Waals surface area (Å²) in [6.07, 6.45) is 6.92.